The number of sulfone groups is 1. The van der Waals surface area contributed by atoms with Gasteiger partial charge in [0.2, 0.25) is 0 Å². The highest BCUT2D eigenvalue weighted by Crippen LogP contribution is 2.36. The van der Waals surface area contributed by atoms with Crippen LogP contribution in [0.3, 0.4) is 0 Å². The van der Waals surface area contributed by atoms with Gasteiger partial charge < -0.3 is 4.90 Å². The zero-order valence-corrected chi connectivity index (χ0v) is 17.8. The van der Waals surface area contributed by atoms with Crippen LogP contribution in [0.1, 0.15) is 11.1 Å². The maximum atomic E-state index is 14.1. The third-order valence-corrected chi connectivity index (χ3v) is 8.00. The van der Waals surface area contributed by atoms with E-state index >= 15 is 0 Å². The molecule has 0 unspecified atom stereocenters. The summed E-state index contributed by atoms with van der Waals surface area (Å²) < 4.78 is 39.0. The average molecular weight is 469 g/mol. The minimum absolute atomic E-state index is 0.0801. The summed E-state index contributed by atoms with van der Waals surface area (Å²) in [4.78, 5) is 6.69. The van der Waals surface area contributed by atoms with Gasteiger partial charge in [-0.25, -0.2) is 12.8 Å². The summed E-state index contributed by atoms with van der Waals surface area (Å²) in [6.07, 6.45) is 0. The van der Waals surface area contributed by atoms with Crippen LogP contribution in [0.2, 0.25) is 0 Å². The Morgan fingerprint density at radius 2 is 1.96 bits per heavy atom. The minimum Gasteiger partial charge on any atom is -0.315 e. The lowest BCUT2D eigenvalue weighted by molar-refractivity contribution is 0.601. The molecule has 2 aromatic rings. The Morgan fingerprint density at radius 1 is 1.22 bits per heavy atom. The van der Waals surface area contributed by atoms with Crippen molar-refractivity contribution in [2.24, 2.45) is 4.99 Å². The third kappa shape index (κ3) is 3.93. The first-order chi connectivity index (χ1) is 12.8. The van der Waals surface area contributed by atoms with E-state index in [2.05, 4.69) is 20.9 Å². The van der Waals surface area contributed by atoms with Crippen molar-refractivity contribution in [2.75, 3.05) is 16.4 Å². The summed E-state index contributed by atoms with van der Waals surface area (Å²) in [5.41, 5.74) is 2.66. The summed E-state index contributed by atoms with van der Waals surface area (Å²) in [6.45, 7) is 2.01. The van der Waals surface area contributed by atoms with E-state index < -0.39 is 9.84 Å². The summed E-state index contributed by atoms with van der Waals surface area (Å²) in [5, 5.41) is 0.756. The molecular formula is C19H18BrFN2O2S2. The van der Waals surface area contributed by atoms with Gasteiger partial charge in [0.25, 0.3) is 0 Å². The van der Waals surface area contributed by atoms with Gasteiger partial charge in [-0.3, -0.25) is 4.99 Å². The van der Waals surface area contributed by atoms with E-state index in [9.17, 15) is 12.8 Å². The minimum atomic E-state index is -3.08. The van der Waals surface area contributed by atoms with Crippen LogP contribution in [0.25, 0.3) is 0 Å². The molecule has 8 heteroatoms. The van der Waals surface area contributed by atoms with Crippen LogP contribution in [0.4, 0.5) is 10.1 Å². The van der Waals surface area contributed by atoms with Crippen LogP contribution in [0.15, 0.2) is 51.9 Å². The first-order valence-electron chi connectivity index (χ1n) is 8.53. The van der Waals surface area contributed by atoms with Crippen LogP contribution in [-0.4, -0.2) is 37.2 Å². The van der Waals surface area contributed by atoms with E-state index in [1.807, 2.05) is 42.2 Å². The number of thioether (sulfide) groups is 1. The largest absolute Gasteiger partial charge is 0.315 e. The number of rotatable bonds is 3. The zero-order valence-electron chi connectivity index (χ0n) is 14.6. The van der Waals surface area contributed by atoms with Gasteiger partial charge in [-0.05, 0) is 36.8 Å². The first-order valence-corrected chi connectivity index (χ1v) is 12.1. The molecule has 0 amide bonds. The monoisotopic (exact) mass is 468 g/mol. The lowest BCUT2D eigenvalue weighted by Gasteiger charge is -2.26. The van der Waals surface area contributed by atoms with E-state index in [-0.39, 0.29) is 29.4 Å². The highest BCUT2D eigenvalue weighted by Gasteiger charge is 2.47. The number of hydrogen-bond donors (Lipinski definition) is 0. The molecule has 27 heavy (non-hydrogen) atoms. The van der Waals surface area contributed by atoms with Gasteiger partial charge in [0, 0.05) is 15.9 Å². The molecule has 0 radical (unpaired) electrons. The summed E-state index contributed by atoms with van der Waals surface area (Å²) in [6, 6.07) is 12.6. The van der Waals surface area contributed by atoms with Crippen molar-refractivity contribution in [1.82, 2.24) is 0 Å². The Labute approximate surface area is 170 Å². The van der Waals surface area contributed by atoms with Gasteiger partial charge in [-0.2, -0.15) is 0 Å². The maximum Gasteiger partial charge on any atom is 0.164 e. The van der Waals surface area contributed by atoms with E-state index in [0.717, 1.165) is 16.4 Å². The summed E-state index contributed by atoms with van der Waals surface area (Å²) in [5.74, 6) is 0.356. The van der Waals surface area contributed by atoms with Gasteiger partial charge >= 0.3 is 0 Å². The van der Waals surface area contributed by atoms with E-state index in [0.29, 0.717) is 15.8 Å². The Kier molecular flexibility index (Phi) is 5.07. The van der Waals surface area contributed by atoms with Crippen molar-refractivity contribution in [3.8, 4) is 0 Å². The SMILES string of the molecule is Cc1ccc(N2C(SCc3ccc(Br)cc3F)=N[C@H]3CS(=O)(=O)C[C@H]32)cc1. The second-order valence-electron chi connectivity index (χ2n) is 6.85. The number of anilines is 1. The van der Waals surface area contributed by atoms with Crippen molar-refractivity contribution in [2.45, 2.75) is 24.8 Å². The normalized spacial score (nSPS) is 23.4. The molecule has 142 valence electrons. The second-order valence-corrected chi connectivity index (χ2v) is 10.9. The highest BCUT2D eigenvalue weighted by atomic mass is 79.9. The van der Waals surface area contributed by atoms with Crippen LogP contribution in [0.5, 0.6) is 0 Å². The fourth-order valence-electron chi connectivity index (χ4n) is 3.42. The van der Waals surface area contributed by atoms with Crippen molar-refractivity contribution >= 4 is 48.4 Å². The molecule has 2 aliphatic heterocycles. The molecule has 1 fully saturated rings. The molecule has 0 spiro atoms. The Hall–Kier alpha value is -1.38. The topological polar surface area (TPSA) is 49.7 Å². The fraction of sp³-hybridized carbons (Fsp3) is 0.316. The van der Waals surface area contributed by atoms with E-state index in [1.165, 1.54) is 17.8 Å². The molecule has 0 saturated carbocycles. The molecular weight excluding hydrogens is 451 g/mol. The smallest absolute Gasteiger partial charge is 0.164 e. The summed E-state index contributed by atoms with van der Waals surface area (Å²) in [7, 11) is -3.08. The molecule has 4 rings (SSSR count). The number of aryl methyl sites for hydroxylation is 1. The van der Waals surface area contributed by atoms with Gasteiger partial charge in [0.15, 0.2) is 15.0 Å². The standard InChI is InChI=1S/C19H18BrFN2O2S2/c1-12-2-6-15(7-3-12)23-18-11-27(24,25)10-17(18)22-19(23)26-9-13-4-5-14(20)8-16(13)21/h2-8,17-18H,9-11H2,1H3/t17-,18+/m0/s1. The van der Waals surface area contributed by atoms with Crippen LogP contribution < -0.4 is 4.90 Å². The summed E-state index contributed by atoms with van der Waals surface area (Å²) >= 11 is 4.71. The number of benzene rings is 2. The fourth-order valence-corrected chi connectivity index (χ4v) is 6.71. The van der Waals surface area contributed by atoms with Crippen LogP contribution in [0, 0.1) is 12.7 Å². The Bertz CT molecular complexity index is 1010. The Balaban J connectivity index is 1.61. The molecule has 1 saturated heterocycles. The molecule has 2 atom stereocenters. The van der Waals surface area contributed by atoms with Gasteiger partial charge in [0.1, 0.15) is 5.82 Å². The number of halogens is 2. The van der Waals surface area contributed by atoms with Gasteiger partial charge in [-0.15, -0.1) is 0 Å². The molecule has 0 aliphatic carbocycles. The second kappa shape index (κ2) is 7.22. The predicted octanol–water partition coefficient (Wildman–Crippen LogP) is 4.17. The lowest BCUT2D eigenvalue weighted by atomic mass is 10.1. The number of nitrogens with zero attached hydrogens (tertiary/aromatic N) is 2. The predicted molar refractivity (Wildman–Crippen MR) is 113 cm³/mol. The van der Waals surface area contributed by atoms with Crippen molar-refractivity contribution in [3.63, 3.8) is 0 Å². The highest BCUT2D eigenvalue weighted by molar-refractivity contribution is 9.10. The number of aliphatic imine (C=N–C) groups is 1. The molecule has 0 bridgehead atoms. The number of hydrogen-bond acceptors (Lipinski definition) is 5. The van der Waals surface area contributed by atoms with Crippen molar-refractivity contribution < 1.29 is 12.8 Å². The molecule has 2 aromatic carbocycles. The van der Waals surface area contributed by atoms with Gasteiger partial charge in [0.05, 0.1) is 23.6 Å². The van der Waals surface area contributed by atoms with Gasteiger partial charge in [-0.1, -0.05) is 51.5 Å². The molecule has 4 nitrogen and oxygen atoms in total. The zero-order chi connectivity index (χ0) is 19.2. The van der Waals surface area contributed by atoms with Crippen LogP contribution >= 0.6 is 27.7 Å². The average Bonchev–Trinajstić information content (AvgIpc) is 3.06. The molecule has 2 heterocycles. The maximum absolute atomic E-state index is 14.1. The lowest BCUT2D eigenvalue weighted by Crippen LogP contribution is -2.39. The first kappa shape index (κ1) is 19.0. The quantitative estimate of drug-likeness (QED) is 0.677. The van der Waals surface area contributed by atoms with Crippen molar-refractivity contribution in [3.05, 3.63) is 63.9 Å². The third-order valence-electron chi connectivity index (χ3n) is 4.79. The Morgan fingerprint density at radius 3 is 2.67 bits per heavy atom. The van der Waals surface area contributed by atoms with E-state index in [1.54, 1.807) is 6.07 Å². The van der Waals surface area contributed by atoms with E-state index in [4.69, 9.17) is 0 Å². The number of amidine groups is 1. The van der Waals surface area contributed by atoms with Crippen molar-refractivity contribution in [1.29, 1.82) is 0 Å². The molecule has 2 aliphatic rings. The van der Waals surface area contributed by atoms with Crippen LogP contribution in [-0.2, 0) is 15.6 Å². The molecule has 0 N–H and O–H groups in total. The number of fused-ring (bicyclic) bond motifs is 1. The molecule has 0 aromatic heterocycles.